The van der Waals surface area contributed by atoms with Crippen molar-refractivity contribution in [1.29, 1.82) is 0 Å². The standard InChI is InChI=1S/C16H21N7O2S/c1-11-20-21-15(26-11)19-16(24)23-8-9-25-13(10-23)12-4-5-17-14(18-12)22-6-2-3-7-22/h4-5,13H,2-3,6-10H2,1H3,(H,19,21,24)/t13-/m0/s1. The van der Waals surface area contributed by atoms with Crippen LogP contribution >= 0.6 is 11.3 Å². The molecule has 2 amide bonds. The number of aryl methyl sites for hydroxylation is 1. The number of rotatable bonds is 3. The van der Waals surface area contributed by atoms with Crippen molar-refractivity contribution in [3.63, 3.8) is 0 Å². The fourth-order valence-corrected chi connectivity index (χ4v) is 3.72. The molecule has 4 rings (SSSR count). The number of hydrogen-bond acceptors (Lipinski definition) is 8. The third-order valence-electron chi connectivity index (χ3n) is 4.48. The Labute approximate surface area is 155 Å². The van der Waals surface area contributed by atoms with Gasteiger partial charge in [0.05, 0.1) is 18.8 Å². The van der Waals surface area contributed by atoms with Crippen molar-refractivity contribution < 1.29 is 9.53 Å². The van der Waals surface area contributed by atoms with Gasteiger partial charge in [-0.1, -0.05) is 11.3 Å². The van der Waals surface area contributed by atoms with Crippen LogP contribution in [0.3, 0.4) is 0 Å². The highest BCUT2D eigenvalue weighted by atomic mass is 32.1. The molecule has 0 radical (unpaired) electrons. The lowest BCUT2D eigenvalue weighted by atomic mass is 10.2. The maximum atomic E-state index is 12.5. The van der Waals surface area contributed by atoms with Gasteiger partial charge in [0.15, 0.2) is 0 Å². The second-order valence-corrected chi connectivity index (χ2v) is 7.52. The molecule has 9 nitrogen and oxygen atoms in total. The van der Waals surface area contributed by atoms with Crippen LogP contribution in [0, 0.1) is 6.92 Å². The predicted molar refractivity (Wildman–Crippen MR) is 97.4 cm³/mol. The average molecular weight is 375 g/mol. The van der Waals surface area contributed by atoms with Gasteiger partial charge < -0.3 is 14.5 Å². The molecule has 10 heteroatoms. The first kappa shape index (κ1) is 17.1. The van der Waals surface area contributed by atoms with Crippen LogP contribution in [0.1, 0.15) is 29.6 Å². The number of carbonyl (C=O) groups is 1. The van der Waals surface area contributed by atoms with Crippen LogP contribution in [-0.4, -0.2) is 63.9 Å². The van der Waals surface area contributed by atoms with Crippen LogP contribution in [0.5, 0.6) is 0 Å². The lowest BCUT2D eigenvalue weighted by Gasteiger charge is -2.32. The zero-order valence-electron chi connectivity index (χ0n) is 14.6. The molecule has 0 aromatic carbocycles. The van der Waals surface area contributed by atoms with Gasteiger partial charge >= 0.3 is 6.03 Å². The van der Waals surface area contributed by atoms with Gasteiger partial charge in [0.1, 0.15) is 11.1 Å². The average Bonchev–Trinajstić information content (AvgIpc) is 3.34. The Morgan fingerprint density at radius 3 is 2.92 bits per heavy atom. The van der Waals surface area contributed by atoms with E-state index in [4.69, 9.17) is 4.74 Å². The number of aromatic nitrogens is 4. The van der Waals surface area contributed by atoms with Crippen molar-refractivity contribution in [3.8, 4) is 0 Å². The summed E-state index contributed by atoms with van der Waals surface area (Å²) in [6, 6.07) is 1.67. The van der Waals surface area contributed by atoms with Crippen LogP contribution in [0.4, 0.5) is 15.9 Å². The zero-order chi connectivity index (χ0) is 17.9. The minimum absolute atomic E-state index is 0.191. The van der Waals surface area contributed by atoms with E-state index in [2.05, 4.69) is 30.4 Å². The molecule has 0 spiro atoms. The van der Waals surface area contributed by atoms with Gasteiger partial charge in [0.2, 0.25) is 11.1 Å². The molecule has 0 unspecified atom stereocenters. The summed E-state index contributed by atoms with van der Waals surface area (Å²) in [4.78, 5) is 25.5. The number of ether oxygens (including phenoxy) is 1. The Morgan fingerprint density at radius 1 is 1.31 bits per heavy atom. The molecular weight excluding hydrogens is 354 g/mol. The minimum Gasteiger partial charge on any atom is -0.368 e. The van der Waals surface area contributed by atoms with Crippen molar-refractivity contribution in [2.24, 2.45) is 0 Å². The van der Waals surface area contributed by atoms with Crippen LogP contribution < -0.4 is 10.2 Å². The van der Waals surface area contributed by atoms with Gasteiger partial charge in [0.25, 0.3) is 0 Å². The van der Waals surface area contributed by atoms with E-state index in [-0.39, 0.29) is 12.1 Å². The van der Waals surface area contributed by atoms with Crippen LogP contribution in [0.15, 0.2) is 12.3 Å². The first-order valence-corrected chi connectivity index (χ1v) is 9.56. The third-order valence-corrected chi connectivity index (χ3v) is 5.23. The van der Waals surface area contributed by atoms with E-state index in [0.717, 1.165) is 29.7 Å². The smallest absolute Gasteiger partial charge is 0.323 e. The van der Waals surface area contributed by atoms with Crippen molar-refractivity contribution in [2.45, 2.75) is 25.9 Å². The Hall–Kier alpha value is -2.33. The number of nitrogens with zero attached hydrogens (tertiary/aromatic N) is 6. The predicted octanol–water partition coefficient (Wildman–Crippen LogP) is 1.84. The summed E-state index contributed by atoms with van der Waals surface area (Å²) in [5.41, 5.74) is 0.811. The summed E-state index contributed by atoms with van der Waals surface area (Å²) in [5, 5.41) is 12.0. The molecule has 0 saturated carbocycles. The highest BCUT2D eigenvalue weighted by Crippen LogP contribution is 2.24. The van der Waals surface area contributed by atoms with Gasteiger partial charge in [-0.15, -0.1) is 10.2 Å². The number of urea groups is 1. The van der Waals surface area contributed by atoms with Crippen LogP contribution in [-0.2, 0) is 4.74 Å². The van der Waals surface area contributed by atoms with E-state index in [9.17, 15) is 4.79 Å². The summed E-state index contributed by atoms with van der Waals surface area (Å²) in [7, 11) is 0. The Morgan fingerprint density at radius 2 is 2.15 bits per heavy atom. The van der Waals surface area contributed by atoms with Crippen LogP contribution in [0.2, 0.25) is 0 Å². The second-order valence-electron chi connectivity index (χ2n) is 6.34. The molecule has 2 fully saturated rings. The second kappa shape index (κ2) is 7.50. The molecule has 2 aliphatic rings. The molecule has 2 saturated heterocycles. The Balaban J connectivity index is 1.43. The summed E-state index contributed by atoms with van der Waals surface area (Å²) >= 11 is 1.36. The number of anilines is 2. The lowest BCUT2D eigenvalue weighted by molar-refractivity contribution is -0.0157. The quantitative estimate of drug-likeness (QED) is 0.874. The number of hydrogen-bond donors (Lipinski definition) is 1. The molecule has 1 N–H and O–H groups in total. The molecule has 2 aromatic rings. The number of morpholine rings is 1. The lowest BCUT2D eigenvalue weighted by Crippen LogP contribution is -2.44. The largest absolute Gasteiger partial charge is 0.368 e. The van der Waals surface area contributed by atoms with Crippen molar-refractivity contribution >= 4 is 28.4 Å². The SMILES string of the molecule is Cc1nnc(NC(=O)N2CCO[C@H](c3ccnc(N4CCCC4)n3)C2)s1. The zero-order valence-corrected chi connectivity index (χ0v) is 15.4. The molecule has 4 heterocycles. The Bertz CT molecular complexity index is 777. The Kier molecular flexibility index (Phi) is 4.93. The molecule has 2 aliphatic heterocycles. The third kappa shape index (κ3) is 3.75. The number of nitrogens with one attached hydrogen (secondary N) is 1. The van der Waals surface area contributed by atoms with Gasteiger partial charge in [-0.3, -0.25) is 5.32 Å². The molecule has 2 aromatic heterocycles. The van der Waals surface area contributed by atoms with E-state index in [1.54, 1.807) is 11.1 Å². The van der Waals surface area contributed by atoms with Gasteiger partial charge in [-0.05, 0) is 25.8 Å². The fraction of sp³-hybridized carbons (Fsp3) is 0.562. The van der Waals surface area contributed by atoms with Crippen LogP contribution in [0.25, 0.3) is 0 Å². The molecule has 1 atom stereocenters. The maximum absolute atomic E-state index is 12.5. The monoisotopic (exact) mass is 375 g/mol. The summed E-state index contributed by atoms with van der Waals surface area (Å²) < 4.78 is 5.86. The van der Waals surface area contributed by atoms with E-state index in [1.165, 1.54) is 24.2 Å². The fourth-order valence-electron chi connectivity index (χ4n) is 3.14. The maximum Gasteiger partial charge on any atom is 0.323 e. The molecule has 26 heavy (non-hydrogen) atoms. The highest BCUT2D eigenvalue weighted by Gasteiger charge is 2.27. The van der Waals surface area contributed by atoms with Gasteiger partial charge in [-0.2, -0.15) is 0 Å². The number of carbonyl (C=O) groups excluding carboxylic acids is 1. The first-order valence-electron chi connectivity index (χ1n) is 8.74. The van der Waals surface area contributed by atoms with Crippen molar-refractivity contribution in [3.05, 3.63) is 23.0 Å². The first-order chi connectivity index (χ1) is 12.7. The minimum atomic E-state index is -0.255. The topological polar surface area (TPSA) is 96.4 Å². The van der Waals surface area contributed by atoms with Crippen molar-refractivity contribution in [1.82, 2.24) is 25.1 Å². The molecule has 0 aliphatic carbocycles. The highest BCUT2D eigenvalue weighted by molar-refractivity contribution is 7.15. The normalized spacial score (nSPS) is 20.4. The van der Waals surface area contributed by atoms with E-state index < -0.39 is 0 Å². The molecular formula is C16H21N7O2S. The van der Waals surface area contributed by atoms with Gasteiger partial charge in [0, 0.05) is 25.8 Å². The van der Waals surface area contributed by atoms with E-state index in [1.807, 2.05) is 13.0 Å². The van der Waals surface area contributed by atoms with E-state index >= 15 is 0 Å². The summed E-state index contributed by atoms with van der Waals surface area (Å²) in [6.07, 6.45) is 3.86. The van der Waals surface area contributed by atoms with E-state index in [0.29, 0.717) is 24.8 Å². The number of amides is 2. The van der Waals surface area contributed by atoms with Gasteiger partial charge in [-0.25, -0.2) is 14.8 Å². The summed E-state index contributed by atoms with van der Waals surface area (Å²) in [5.74, 6) is 0.745. The summed E-state index contributed by atoms with van der Waals surface area (Å²) in [6.45, 7) is 5.28. The van der Waals surface area contributed by atoms with Crippen molar-refractivity contribution in [2.75, 3.05) is 43.0 Å². The molecule has 0 bridgehead atoms. The molecule has 138 valence electrons.